The molecule has 2 aromatic carbocycles. The van der Waals surface area contributed by atoms with Crippen LogP contribution in [0.1, 0.15) is 82.9 Å². The van der Waals surface area contributed by atoms with Crippen LogP contribution in [-0.4, -0.2) is 83.7 Å². The summed E-state index contributed by atoms with van der Waals surface area (Å²) in [4.78, 5) is 44.2. The van der Waals surface area contributed by atoms with Gasteiger partial charge in [0.1, 0.15) is 0 Å². The minimum atomic E-state index is -0.657. The zero-order valence-electron chi connectivity index (χ0n) is 32.2. The second-order valence-corrected chi connectivity index (χ2v) is 16.4. The van der Waals surface area contributed by atoms with Gasteiger partial charge in [-0.15, -0.1) is 0 Å². The molecule has 3 aromatic heterocycles. The van der Waals surface area contributed by atoms with E-state index in [1.54, 1.807) is 0 Å². The highest BCUT2D eigenvalue weighted by atomic mass is 35.5. The highest BCUT2D eigenvalue weighted by Gasteiger charge is 2.29. The van der Waals surface area contributed by atoms with Crippen molar-refractivity contribution in [1.29, 1.82) is 0 Å². The summed E-state index contributed by atoms with van der Waals surface area (Å²) in [5.41, 5.74) is 9.22. The van der Waals surface area contributed by atoms with Gasteiger partial charge < -0.3 is 20.1 Å². The number of carboxylic acids is 1. The van der Waals surface area contributed by atoms with E-state index in [9.17, 15) is 19.8 Å². The topological polar surface area (TPSA) is 137 Å². The average molecular weight is 776 g/mol. The van der Waals surface area contributed by atoms with Crippen molar-refractivity contribution in [3.63, 3.8) is 0 Å². The fraction of sp³-hybridized carbons (Fsp3) is 0.432. The Balaban J connectivity index is 0.941. The molecule has 1 saturated carbocycles. The molecule has 2 fully saturated rings. The summed E-state index contributed by atoms with van der Waals surface area (Å²) in [5, 5.41) is 24.1. The van der Waals surface area contributed by atoms with Crippen LogP contribution in [-0.2, 0) is 37.8 Å². The van der Waals surface area contributed by atoms with Gasteiger partial charge in [0, 0.05) is 87.3 Å². The largest absolute Gasteiger partial charge is 0.481 e. The van der Waals surface area contributed by atoms with Crippen molar-refractivity contribution in [2.24, 2.45) is 18.9 Å². The van der Waals surface area contributed by atoms with Crippen LogP contribution in [0.2, 0.25) is 5.02 Å². The number of amides is 1. The lowest BCUT2D eigenvalue weighted by atomic mass is 9.80. The van der Waals surface area contributed by atoms with E-state index in [-0.39, 0.29) is 17.9 Å². The summed E-state index contributed by atoms with van der Waals surface area (Å²) in [6.45, 7) is 6.92. The van der Waals surface area contributed by atoms with E-state index in [1.165, 1.54) is 0 Å². The van der Waals surface area contributed by atoms with Crippen molar-refractivity contribution in [1.82, 2.24) is 29.3 Å². The number of carbonyl (C=O) groups excluding carboxylic acids is 1. The monoisotopic (exact) mass is 775 g/mol. The predicted octanol–water partition coefficient (Wildman–Crippen LogP) is 7.04. The third-order valence-corrected chi connectivity index (χ3v) is 12.7. The molecule has 12 heteroatoms. The van der Waals surface area contributed by atoms with Gasteiger partial charge in [-0.25, -0.2) is 4.98 Å². The van der Waals surface area contributed by atoms with E-state index in [0.717, 1.165) is 127 Å². The predicted molar refractivity (Wildman–Crippen MR) is 218 cm³/mol. The summed E-state index contributed by atoms with van der Waals surface area (Å²) in [6.07, 6.45) is 10.2. The molecule has 3 aliphatic rings. The van der Waals surface area contributed by atoms with E-state index in [4.69, 9.17) is 26.6 Å². The number of carboxylic acid groups (broad SMARTS) is 1. The summed E-state index contributed by atoms with van der Waals surface area (Å²) >= 11 is 7.18. The van der Waals surface area contributed by atoms with Crippen LogP contribution in [0.25, 0.3) is 22.0 Å². The Labute approximate surface area is 332 Å². The zero-order valence-corrected chi connectivity index (χ0v) is 32.9. The minimum absolute atomic E-state index is 0.183. The number of likely N-dealkylation sites (tertiary alicyclic amines) is 1. The molecule has 1 aliphatic carbocycles. The number of aliphatic hydroxyl groups excluding tert-OH is 1. The number of hydrogen-bond donors (Lipinski definition) is 3. The second-order valence-electron chi connectivity index (χ2n) is 16.0. The number of halogens is 1. The number of pyridine rings is 2. The number of rotatable bonds is 11. The molecule has 56 heavy (non-hydrogen) atoms. The molecule has 0 unspecified atom stereocenters. The second kappa shape index (κ2) is 16.4. The molecule has 1 saturated heterocycles. The van der Waals surface area contributed by atoms with Crippen LogP contribution >= 0.6 is 11.6 Å². The number of nitrogens with one attached hydrogen (secondary N) is 1. The summed E-state index contributed by atoms with van der Waals surface area (Å²) < 4.78 is 1.94. The maximum Gasteiger partial charge on any atom is 0.306 e. The van der Waals surface area contributed by atoms with Gasteiger partial charge >= 0.3 is 5.97 Å². The lowest BCUT2D eigenvalue weighted by molar-refractivity contribution is -0.143. The molecule has 0 radical (unpaired) electrons. The Kier molecular flexibility index (Phi) is 11.2. The van der Waals surface area contributed by atoms with Crippen molar-refractivity contribution < 1.29 is 19.8 Å². The zero-order chi connectivity index (χ0) is 38.9. The van der Waals surface area contributed by atoms with Crippen LogP contribution in [0, 0.1) is 18.8 Å². The number of aliphatic hydroxyl groups is 1. The molecule has 0 bridgehead atoms. The molecule has 5 heterocycles. The smallest absolute Gasteiger partial charge is 0.306 e. The highest BCUT2D eigenvalue weighted by Crippen LogP contribution is 2.37. The van der Waals surface area contributed by atoms with Gasteiger partial charge in [0.25, 0.3) is 5.91 Å². The molecule has 3 N–H and O–H groups in total. The Morgan fingerprint density at radius 2 is 1.79 bits per heavy atom. The number of aromatic nitrogens is 4. The van der Waals surface area contributed by atoms with Crippen LogP contribution in [0.5, 0.6) is 0 Å². The normalized spacial score (nSPS) is 20.3. The van der Waals surface area contributed by atoms with Crippen molar-refractivity contribution in [2.45, 2.75) is 77.5 Å². The number of imidazole rings is 1. The minimum Gasteiger partial charge on any atom is -0.481 e. The number of aliphatic carboxylic acids is 1. The summed E-state index contributed by atoms with van der Waals surface area (Å²) in [7, 11) is 1.92. The Hall–Kier alpha value is -4.68. The van der Waals surface area contributed by atoms with Crippen LogP contribution in [0.15, 0.2) is 60.9 Å². The Bertz CT molecular complexity index is 2270. The number of anilines is 1. The molecule has 2 aliphatic heterocycles. The van der Waals surface area contributed by atoms with Gasteiger partial charge in [0.2, 0.25) is 0 Å². The van der Waals surface area contributed by atoms with E-state index in [0.29, 0.717) is 42.0 Å². The van der Waals surface area contributed by atoms with E-state index in [1.807, 2.05) is 73.4 Å². The molecular formula is C44H50ClN7O4. The quantitative estimate of drug-likeness (QED) is 0.129. The fourth-order valence-corrected chi connectivity index (χ4v) is 9.27. The van der Waals surface area contributed by atoms with Crippen LogP contribution in [0.4, 0.5) is 5.69 Å². The lowest BCUT2D eigenvalue weighted by Gasteiger charge is -2.30. The van der Waals surface area contributed by atoms with Gasteiger partial charge in [0.15, 0.2) is 5.82 Å². The lowest BCUT2D eigenvalue weighted by Crippen LogP contribution is -2.33. The maximum absolute atomic E-state index is 13.8. The third kappa shape index (κ3) is 8.09. The highest BCUT2D eigenvalue weighted by molar-refractivity contribution is 6.34. The van der Waals surface area contributed by atoms with Crippen molar-refractivity contribution >= 4 is 40.1 Å². The Morgan fingerprint density at radius 1 is 0.982 bits per heavy atom. The van der Waals surface area contributed by atoms with Crippen LogP contribution < -0.4 is 5.32 Å². The fourth-order valence-electron chi connectivity index (χ4n) is 8.98. The van der Waals surface area contributed by atoms with Crippen molar-refractivity contribution in [3.8, 4) is 11.1 Å². The average Bonchev–Trinajstić information content (AvgIpc) is 3.76. The van der Waals surface area contributed by atoms with Gasteiger partial charge in [-0.2, -0.15) is 0 Å². The number of fused-ring (bicyclic) bond motifs is 2. The third-order valence-electron chi connectivity index (χ3n) is 12.3. The molecule has 8 rings (SSSR count). The first-order valence-corrected chi connectivity index (χ1v) is 20.3. The van der Waals surface area contributed by atoms with Gasteiger partial charge in [-0.3, -0.25) is 29.4 Å². The molecule has 11 nitrogen and oxygen atoms in total. The van der Waals surface area contributed by atoms with Crippen molar-refractivity contribution in [3.05, 3.63) is 106 Å². The number of carbonyl (C=O) groups is 2. The first kappa shape index (κ1) is 38.2. The van der Waals surface area contributed by atoms with E-state index < -0.39 is 5.97 Å². The van der Waals surface area contributed by atoms with Crippen LogP contribution in [0.3, 0.4) is 0 Å². The first-order chi connectivity index (χ1) is 27.1. The maximum atomic E-state index is 13.8. The number of nitrogens with zero attached hydrogens (tertiary/aromatic N) is 6. The van der Waals surface area contributed by atoms with Gasteiger partial charge in [-0.05, 0) is 98.4 Å². The standard InChI is InChI=1S/C44H50ClN7O4/c1-27-34(35-7-3-5-31(40(35)45)22-37-41-32(13-17-46-37)21-29(23-47-41)24-52-19-15-33(53)25-52)6-4-8-36(27)49-43(54)42-48-38-26-51(20-16-39(38)50(42)2)18-14-28-9-11-30(12-10-28)44(55)56/h3-8,13,17,21,23,28,30,33,53H,9-12,14-16,18-20,22,24-26H2,1-2H3,(H,49,54)(H,55,56)/t28?,30?,33-/m1/s1. The molecule has 292 valence electrons. The number of hydrogen-bond acceptors (Lipinski definition) is 8. The summed E-state index contributed by atoms with van der Waals surface area (Å²) in [5.74, 6) is -0.123. The number of benzene rings is 2. The van der Waals surface area contributed by atoms with Gasteiger partial charge in [0.05, 0.1) is 33.9 Å². The molecule has 1 atom stereocenters. The molecule has 5 aromatic rings. The Morgan fingerprint density at radius 3 is 2.57 bits per heavy atom. The molecule has 1 amide bonds. The van der Waals surface area contributed by atoms with E-state index >= 15 is 0 Å². The summed E-state index contributed by atoms with van der Waals surface area (Å²) in [6, 6.07) is 16.1. The molecular weight excluding hydrogens is 726 g/mol. The van der Waals surface area contributed by atoms with Gasteiger partial charge in [-0.1, -0.05) is 41.9 Å². The molecule has 0 spiro atoms. The first-order valence-electron chi connectivity index (χ1n) is 19.9. The van der Waals surface area contributed by atoms with E-state index in [2.05, 4.69) is 21.2 Å². The SMILES string of the molecule is Cc1c(NC(=O)c2nc3c(n2C)CCN(CCC2CCC(C(=O)O)CC2)C3)cccc1-c1cccc(Cc2nccc3cc(CN4CC[C@@H](O)C4)cnc23)c1Cl. The van der Waals surface area contributed by atoms with Crippen molar-refractivity contribution in [2.75, 3.05) is 31.5 Å². The number of β-amino-alcohol motifs (C(OH)–C–C–N with tert-alkyl or cyclic N) is 1.